The molecule has 1 N–H and O–H groups in total. The fourth-order valence-corrected chi connectivity index (χ4v) is 3.93. The molecule has 108 valence electrons. The fraction of sp³-hybridized carbons (Fsp3) is 0.562. The smallest absolute Gasteiger partial charge is 0.311 e. The van der Waals surface area contributed by atoms with Crippen molar-refractivity contribution in [3.8, 4) is 0 Å². The van der Waals surface area contributed by atoms with Gasteiger partial charge in [-0.25, -0.2) is 4.39 Å². The zero-order valence-electron chi connectivity index (χ0n) is 11.7. The molecule has 1 aromatic rings. The largest absolute Gasteiger partial charge is 0.481 e. The Kier molecular flexibility index (Phi) is 3.28. The molecule has 2 aliphatic rings. The highest BCUT2D eigenvalue weighted by Crippen LogP contribution is 2.49. The summed E-state index contributed by atoms with van der Waals surface area (Å²) in [6.07, 6.45) is 2.75. The summed E-state index contributed by atoms with van der Waals surface area (Å²) in [6.45, 7) is 3.79. The average molecular weight is 277 g/mol. The Morgan fingerprint density at radius 3 is 3.05 bits per heavy atom. The van der Waals surface area contributed by atoms with E-state index in [0.717, 1.165) is 31.4 Å². The van der Waals surface area contributed by atoms with Crippen LogP contribution in [0.2, 0.25) is 0 Å². The van der Waals surface area contributed by atoms with Crippen molar-refractivity contribution >= 4 is 5.97 Å². The summed E-state index contributed by atoms with van der Waals surface area (Å²) in [5.74, 6) is -0.642. The number of hydrogen-bond acceptors (Lipinski definition) is 2. The van der Waals surface area contributed by atoms with Crippen molar-refractivity contribution < 1.29 is 14.3 Å². The monoisotopic (exact) mass is 277 g/mol. The summed E-state index contributed by atoms with van der Waals surface area (Å²) in [7, 11) is 0. The molecule has 0 aromatic heterocycles. The number of carboxylic acids is 1. The maximum Gasteiger partial charge on any atom is 0.311 e. The molecule has 0 spiro atoms. The number of halogens is 1. The third-order valence-corrected chi connectivity index (χ3v) is 4.96. The zero-order valence-corrected chi connectivity index (χ0v) is 11.7. The summed E-state index contributed by atoms with van der Waals surface area (Å²) < 4.78 is 13.8. The second-order valence-corrected chi connectivity index (χ2v) is 6.31. The molecule has 2 fully saturated rings. The van der Waals surface area contributed by atoms with E-state index in [9.17, 15) is 14.3 Å². The van der Waals surface area contributed by atoms with E-state index in [1.165, 1.54) is 6.07 Å². The molecule has 20 heavy (non-hydrogen) atoms. The number of hydrogen-bond donors (Lipinski definition) is 1. The number of likely N-dealkylation sites (tertiary alicyclic amines) is 1. The number of aliphatic carboxylic acids is 1. The molecule has 4 heteroatoms. The molecular formula is C16H20FNO2. The highest BCUT2D eigenvalue weighted by atomic mass is 19.1. The maximum atomic E-state index is 13.8. The third-order valence-electron chi connectivity index (χ3n) is 4.96. The standard InChI is InChI=1S/C16H20FNO2/c1-11-4-5-14(17)12(7-11)8-18-9-13-3-2-6-16(13,10-18)15(19)20/h4-5,7,13H,2-3,6,8-10H2,1H3,(H,19,20)/t13-,16+/m0/s1. The van der Waals surface area contributed by atoms with Gasteiger partial charge in [-0.2, -0.15) is 0 Å². The van der Waals surface area contributed by atoms with Gasteiger partial charge in [-0.05, 0) is 31.7 Å². The number of benzene rings is 1. The number of rotatable bonds is 3. The van der Waals surface area contributed by atoms with Crippen LogP contribution in [0, 0.1) is 24.1 Å². The van der Waals surface area contributed by atoms with Gasteiger partial charge in [0.05, 0.1) is 5.41 Å². The molecule has 1 saturated heterocycles. The molecule has 2 atom stereocenters. The van der Waals surface area contributed by atoms with Gasteiger partial charge < -0.3 is 5.11 Å². The van der Waals surface area contributed by atoms with E-state index in [4.69, 9.17) is 0 Å². The highest BCUT2D eigenvalue weighted by Gasteiger charge is 2.54. The zero-order chi connectivity index (χ0) is 14.3. The first kappa shape index (κ1) is 13.6. The molecule has 0 bridgehead atoms. The molecule has 1 saturated carbocycles. The van der Waals surface area contributed by atoms with Crippen LogP contribution in [-0.2, 0) is 11.3 Å². The maximum absolute atomic E-state index is 13.8. The van der Waals surface area contributed by atoms with Gasteiger partial charge in [-0.1, -0.05) is 24.1 Å². The van der Waals surface area contributed by atoms with Gasteiger partial charge in [0.25, 0.3) is 0 Å². The molecule has 3 rings (SSSR count). The lowest BCUT2D eigenvalue weighted by molar-refractivity contribution is -0.149. The van der Waals surface area contributed by atoms with Crippen LogP contribution in [0.3, 0.4) is 0 Å². The van der Waals surface area contributed by atoms with Crippen molar-refractivity contribution in [2.75, 3.05) is 13.1 Å². The summed E-state index contributed by atoms with van der Waals surface area (Å²) in [5.41, 5.74) is 1.12. The number of fused-ring (bicyclic) bond motifs is 1. The Balaban J connectivity index is 1.78. The van der Waals surface area contributed by atoms with Crippen molar-refractivity contribution in [3.63, 3.8) is 0 Å². The molecule has 0 amide bonds. The predicted molar refractivity (Wildman–Crippen MR) is 73.8 cm³/mol. The van der Waals surface area contributed by atoms with Crippen molar-refractivity contribution in [1.82, 2.24) is 4.90 Å². The van der Waals surface area contributed by atoms with E-state index in [2.05, 4.69) is 4.90 Å². The second-order valence-electron chi connectivity index (χ2n) is 6.31. The Hall–Kier alpha value is -1.42. The normalized spacial score (nSPS) is 29.6. The number of aryl methyl sites for hydroxylation is 1. The number of nitrogens with zero attached hydrogens (tertiary/aromatic N) is 1. The van der Waals surface area contributed by atoms with Gasteiger partial charge in [0.1, 0.15) is 5.82 Å². The number of carbonyl (C=O) groups is 1. The minimum atomic E-state index is -0.674. The first-order valence-electron chi connectivity index (χ1n) is 7.22. The van der Waals surface area contributed by atoms with Crippen LogP contribution in [0.25, 0.3) is 0 Å². The average Bonchev–Trinajstić information content (AvgIpc) is 2.91. The molecule has 0 unspecified atom stereocenters. The quantitative estimate of drug-likeness (QED) is 0.923. The molecule has 0 radical (unpaired) electrons. The Morgan fingerprint density at radius 1 is 1.55 bits per heavy atom. The van der Waals surface area contributed by atoms with Crippen LogP contribution in [0.4, 0.5) is 4.39 Å². The molecule has 1 aromatic carbocycles. The van der Waals surface area contributed by atoms with Crippen molar-refractivity contribution in [2.45, 2.75) is 32.7 Å². The minimum Gasteiger partial charge on any atom is -0.481 e. The summed E-state index contributed by atoms with van der Waals surface area (Å²) in [6, 6.07) is 5.11. The Morgan fingerprint density at radius 2 is 2.35 bits per heavy atom. The van der Waals surface area contributed by atoms with Gasteiger partial charge >= 0.3 is 5.97 Å². The van der Waals surface area contributed by atoms with Crippen LogP contribution in [0.5, 0.6) is 0 Å². The predicted octanol–water partition coefficient (Wildman–Crippen LogP) is 2.82. The van der Waals surface area contributed by atoms with Crippen molar-refractivity contribution in [2.24, 2.45) is 11.3 Å². The molecule has 1 aliphatic heterocycles. The van der Waals surface area contributed by atoms with E-state index in [1.54, 1.807) is 6.07 Å². The van der Waals surface area contributed by atoms with Gasteiger partial charge in [0.15, 0.2) is 0 Å². The Bertz CT molecular complexity index is 545. The van der Waals surface area contributed by atoms with E-state index in [0.29, 0.717) is 18.7 Å². The van der Waals surface area contributed by atoms with E-state index in [1.807, 2.05) is 13.0 Å². The summed E-state index contributed by atoms with van der Waals surface area (Å²) in [5, 5.41) is 9.56. The van der Waals surface area contributed by atoms with E-state index >= 15 is 0 Å². The van der Waals surface area contributed by atoms with Gasteiger partial charge in [-0.15, -0.1) is 0 Å². The lowest BCUT2D eigenvalue weighted by Crippen LogP contribution is -2.35. The van der Waals surface area contributed by atoms with Crippen LogP contribution in [0.15, 0.2) is 18.2 Å². The Labute approximate surface area is 118 Å². The van der Waals surface area contributed by atoms with Crippen molar-refractivity contribution in [1.29, 1.82) is 0 Å². The lowest BCUT2D eigenvalue weighted by atomic mass is 9.81. The molecule has 1 aliphatic carbocycles. The van der Waals surface area contributed by atoms with E-state index < -0.39 is 11.4 Å². The first-order chi connectivity index (χ1) is 9.51. The SMILES string of the molecule is Cc1ccc(F)c(CN2C[C@@H]3CCC[C@@]3(C(=O)O)C2)c1. The highest BCUT2D eigenvalue weighted by molar-refractivity contribution is 5.76. The second kappa shape index (κ2) is 4.85. The fourth-order valence-electron chi connectivity index (χ4n) is 3.93. The molecular weight excluding hydrogens is 257 g/mol. The number of carboxylic acid groups (broad SMARTS) is 1. The minimum absolute atomic E-state index is 0.197. The van der Waals surface area contributed by atoms with E-state index in [-0.39, 0.29) is 11.7 Å². The van der Waals surface area contributed by atoms with Crippen molar-refractivity contribution in [3.05, 3.63) is 35.1 Å². The first-order valence-corrected chi connectivity index (χ1v) is 7.22. The summed E-state index contributed by atoms with van der Waals surface area (Å²) in [4.78, 5) is 13.7. The molecule has 1 heterocycles. The third kappa shape index (κ3) is 2.12. The van der Waals surface area contributed by atoms with Crippen LogP contribution >= 0.6 is 0 Å². The van der Waals surface area contributed by atoms with Crippen LogP contribution < -0.4 is 0 Å². The van der Waals surface area contributed by atoms with Gasteiger partial charge in [0.2, 0.25) is 0 Å². The topological polar surface area (TPSA) is 40.5 Å². The lowest BCUT2D eigenvalue weighted by Gasteiger charge is -2.23. The van der Waals surface area contributed by atoms with Gasteiger partial charge in [-0.3, -0.25) is 9.69 Å². The van der Waals surface area contributed by atoms with Crippen LogP contribution in [0.1, 0.15) is 30.4 Å². The molecule has 3 nitrogen and oxygen atoms in total. The van der Waals surface area contributed by atoms with Gasteiger partial charge in [0, 0.05) is 25.2 Å². The summed E-state index contributed by atoms with van der Waals surface area (Å²) >= 11 is 0. The van der Waals surface area contributed by atoms with Crippen LogP contribution in [-0.4, -0.2) is 29.1 Å².